The van der Waals surface area contributed by atoms with Gasteiger partial charge >= 0.3 is 0 Å². The number of anilines is 1. The highest BCUT2D eigenvalue weighted by Gasteiger charge is 2.28. The van der Waals surface area contributed by atoms with Gasteiger partial charge in [0.05, 0.1) is 5.52 Å². The number of aromatic nitrogens is 2. The van der Waals surface area contributed by atoms with E-state index in [2.05, 4.69) is 29.1 Å². The van der Waals surface area contributed by atoms with E-state index in [1.165, 1.54) is 25.7 Å². The Kier molecular flexibility index (Phi) is 3.13. The lowest BCUT2D eigenvalue weighted by atomic mass is 9.75. The molecule has 0 radical (unpaired) electrons. The van der Waals surface area contributed by atoms with Gasteiger partial charge in [-0.25, -0.2) is 9.97 Å². The van der Waals surface area contributed by atoms with Gasteiger partial charge in [-0.2, -0.15) is 0 Å². The number of hydrogen-bond donors (Lipinski definition) is 1. The second-order valence-electron chi connectivity index (χ2n) is 6.35. The maximum absolute atomic E-state index is 4.59. The summed E-state index contributed by atoms with van der Waals surface area (Å²) in [5.41, 5.74) is 1.45. The Morgan fingerprint density at radius 1 is 1.26 bits per heavy atom. The van der Waals surface area contributed by atoms with E-state index in [4.69, 9.17) is 0 Å². The smallest absolute Gasteiger partial charge is 0.223 e. The Morgan fingerprint density at radius 2 is 2.11 bits per heavy atom. The normalized spacial score (nSPS) is 22.3. The van der Waals surface area contributed by atoms with Gasteiger partial charge < -0.3 is 5.32 Å². The summed E-state index contributed by atoms with van der Waals surface area (Å²) in [5, 5.41) is 4.60. The molecule has 3 heteroatoms. The zero-order chi connectivity index (χ0) is 13.3. The molecule has 0 bridgehead atoms. The summed E-state index contributed by atoms with van der Waals surface area (Å²) in [4.78, 5) is 9.02. The molecule has 0 aliphatic heterocycles. The van der Waals surface area contributed by atoms with Crippen LogP contribution < -0.4 is 5.32 Å². The molecule has 100 valence electrons. The van der Waals surface area contributed by atoms with Crippen molar-refractivity contribution in [3.05, 3.63) is 30.5 Å². The minimum atomic E-state index is 0.437. The van der Waals surface area contributed by atoms with E-state index in [1.807, 2.05) is 30.5 Å². The van der Waals surface area contributed by atoms with Crippen LogP contribution in [0.3, 0.4) is 0 Å². The third-order valence-corrected chi connectivity index (χ3v) is 4.03. The quantitative estimate of drug-likeness (QED) is 0.881. The molecule has 3 rings (SSSR count). The topological polar surface area (TPSA) is 37.8 Å². The molecule has 1 fully saturated rings. The molecule has 0 saturated heterocycles. The molecular formula is C16H21N3. The van der Waals surface area contributed by atoms with Gasteiger partial charge in [0.2, 0.25) is 5.95 Å². The minimum absolute atomic E-state index is 0.437. The highest BCUT2D eigenvalue weighted by Crippen LogP contribution is 2.36. The van der Waals surface area contributed by atoms with Crippen molar-refractivity contribution in [2.45, 2.75) is 45.6 Å². The Bertz CT molecular complexity index is 577. The van der Waals surface area contributed by atoms with Crippen LogP contribution in [0.2, 0.25) is 0 Å². The molecule has 1 aromatic carbocycles. The first-order valence-corrected chi connectivity index (χ1v) is 7.11. The maximum atomic E-state index is 4.59. The van der Waals surface area contributed by atoms with E-state index in [9.17, 15) is 0 Å². The van der Waals surface area contributed by atoms with E-state index < -0.39 is 0 Å². The van der Waals surface area contributed by atoms with Gasteiger partial charge in [0.25, 0.3) is 0 Å². The Morgan fingerprint density at radius 3 is 2.95 bits per heavy atom. The van der Waals surface area contributed by atoms with E-state index in [0.29, 0.717) is 11.5 Å². The predicted octanol–water partition coefficient (Wildman–Crippen LogP) is 4.01. The second-order valence-corrected chi connectivity index (χ2v) is 6.35. The molecule has 1 aliphatic carbocycles. The predicted molar refractivity (Wildman–Crippen MR) is 79.2 cm³/mol. The molecule has 2 aromatic rings. The van der Waals surface area contributed by atoms with Crippen LogP contribution >= 0.6 is 0 Å². The number of nitrogens with one attached hydrogen (secondary N) is 1. The lowest BCUT2D eigenvalue weighted by Gasteiger charge is -2.35. The van der Waals surface area contributed by atoms with Crippen LogP contribution in [0.5, 0.6) is 0 Å². The summed E-state index contributed by atoms with van der Waals surface area (Å²) in [6.45, 7) is 4.70. The standard InChI is InChI=1S/C16H21N3/c1-16(2)9-5-7-13(10-16)18-15-17-11-12-6-3-4-8-14(12)19-15/h3-4,6,8,11,13H,5,7,9-10H2,1-2H3,(H,17,18,19). The summed E-state index contributed by atoms with van der Waals surface area (Å²) in [7, 11) is 0. The van der Waals surface area contributed by atoms with Crippen molar-refractivity contribution in [2.24, 2.45) is 5.41 Å². The fraction of sp³-hybridized carbons (Fsp3) is 0.500. The van der Waals surface area contributed by atoms with E-state index >= 15 is 0 Å². The zero-order valence-electron chi connectivity index (χ0n) is 11.7. The number of rotatable bonds is 2. The number of nitrogens with zero attached hydrogens (tertiary/aromatic N) is 2. The van der Waals surface area contributed by atoms with Crippen LogP contribution in [-0.4, -0.2) is 16.0 Å². The lowest BCUT2D eigenvalue weighted by molar-refractivity contribution is 0.229. The molecule has 1 unspecified atom stereocenters. The van der Waals surface area contributed by atoms with E-state index in [-0.39, 0.29) is 0 Å². The minimum Gasteiger partial charge on any atom is -0.351 e. The lowest BCUT2D eigenvalue weighted by Crippen LogP contribution is -2.32. The van der Waals surface area contributed by atoms with Gasteiger partial charge in [0.1, 0.15) is 0 Å². The molecular weight excluding hydrogens is 234 g/mol. The first-order chi connectivity index (χ1) is 9.12. The van der Waals surface area contributed by atoms with Gasteiger partial charge in [-0.1, -0.05) is 38.5 Å². The van der Waals surface area contributed by atoms with Crippen molar-refractivity contribution in [2.75, 3.05) is 5.32 Å². The van der Waals surface area contributed by atoms with Gasteiger partial charge in [0.15, 0.2) is 0 Å². The van der Waals surface area contributed by atoms with Crippen LogP contribution in [-0.2, 0) is 0 Å². The molecule has 1 atom stereocenters. The summed E-state index contributed by atoms with van der Waals surface area (Å²) in [6.07, 6.45) is 6.93. The summed E-state index contributed by atoms with van der Waals surface area (Å²) >= 11 is 0. The molecule has 0 amide bonds. The van der Waals surface area contributed by atoms with E-state index in [1.54, 1.807) is 0 Å². The Hall–Kier alpha value is -1.64. The number of hydrogen-bond acceptors (Lipinski definition) is 3. The monoisotopic (exact) mass is 255 g/mol. The summed E-state index contributed by atoms with van der Waals surface area (Å²) < 4.78 is 0. The molecule has 1 saturated carbocycles. The fourth-order valence-electron chi connectivity index (χ4n) is 3.05. The van der Waals surface area contributed by atoms with Crippen LogP contribution in [0.25, 0.3) is 10.9 Å². The summed E-state index contributed by atoms with van der Waals surface area (Å²) in [6, 6.07) is 8.62. The molecule has 3 nitrogen and oxygen atoms in total. The largest absolute Gasteiger partial charge is 0.351 e. The molecule has 1 heterocycles. The average molecular weight is 255 g/mol. The Labute approximate surface area is 114 Å². The van der Waals surface area contributed by atoms with Crippen LogP contribution in [0.1, 0.15) is 39.5 Å². The first kappa shape index (κ1) is 12.4. The van der Waals surface area contributed by atoms with Crippen molar-refractivity contribution >= 4 is 16.9 Å². The van der Waals surface area contributed by atoms with Crippen LogP contribution in [0, 0.1) is 5.41 Å². The van der Waals surface area contributed by atoms with Gasteiger partial charge in [-0.3, -0.25) is 0 Å². The van der Waals surface area contributed by atoms with Crippen molar-refractivity contribution in [3.8, 4) is 0 Å². The zero-order valence-corrected chi connectivity index (χ0v) is 11.7. The van der Waals surface area contributed by atoms with Gasteiger partial charge in [-0.05, 0) is 30.7 Å². The third-order valence-electron chi connectivity index (χ3n) is 4.03. The SMILES string of the molecule is CC1(C)CCCC(Nc2ncc3ccccc3n2)C1. The highest BCUT2D eigenvalue weighted by atomic mass is 15.1. The average Bonchev–Trinajstić information content (AvgIpc) is 2.37. The number of fused-ring (bicyclic) bond motifs is 1. The van der Waals surface area contributed by atoms with Gasteiger partial charge in [0, 0.05) is 17.6 Å². The number of benzene rings is 1. The maximum Gasteiger partial charge on any atom is 0.223 e. The first-order valence-electron chi connectivity index (χ1n) is 7.11. The van der Waals surface area contributed by atoms with Crippen LogP contribution in [0.4, 0.5) is 5.95 Å². The van der Waals surface area contributed by atoms with Crippen molar-refractivity contribution < 1.29 is 0 Å². The van der Waals surface area contributed by atoms with Crippen LogP contribution in [0.15, 0.2) is 30.5 Å². The highest BCUT2D eigenvalue weighted by molar-refractivity contribution is 5.78. The molecule has 19 heavy (non-hydrogen) atoms. The number of para-hydroxylation sites is 1. The summed E-state index contributed by atoms with van der Waals surface area (Å²) in [5.74, 6) is 0.765. The molecule has 1 N–H and O–H groups in total. The van der Waals surface area contributed by atoms with Crippen molar-refractivity contribution in [1.82, 2.24) is 9.97 Å². The van der Waals surface area contributed by atoms with Crippen molar-refractivity contribution in [1.29, 1.82) is 0 Å². The molecule has 0 spiro atoms. The molecule has 1 aromatic heterocycles. The second kappa shape index (κ2) is 4.80. The fourth-order valence-corrected chi connectivity index (χ4v) is 3.05. The third kappa shape index (κ3) is 2.86. The van der Waals surface area contributed by atoms with Gasteiger partial charge in [-0.15, -0.1) is 0 Å². The molecule has 1 aliphatic rings. The van der Waals surface area contributed by atoms with E-state index in [0.717, 1.165) is 16.9 Å². The Balaban J connectivity index is 1.77. The van der Waals surface area contributed by atoms with Crippen molar-refractivity contribution in [3.63, 3.8) is 0 Å².